The zero-order valence-electron chi connectivity index (χ0n) is 14.3. The van der Waals surface area contributed by atoms with Gasteiger partial charge in [0.15, 0.2) is 15.5 Å². The van der Waals surface area contributed by atoms with Crippen molar-refractivity contribution < 1.29 is 8.42 Å². The van der Waals surface area contributed by atoms with Gasteiger partial charge < -0.3 is 4.57 Å². The second kappa shape index (κ2) is 6.02. The maximum Gasteiger partial charge on any atom is 0.178 e. The van der Waals surface area contributed by atoms with Crippen molar-refractivity contribution in [2.24, 2.45) is 0 Å². The molecule has 0 saturated heterocycles. The molecule has 24 heavy (non-hydrogen) atoms. The van der Waals surface area contributed by atoms with Gasteiger partial charge in [0, 0.05) is 17.8 Å². The number of nitrogens with zero attached hydrogens (tertiary/aromatic N) is 3. The lowest BCUT2D eigenvalue weighted by molar-refractivity contribution is 0.596. The van der Waals surface area contributed by atoms with Crippen molar-refractivity contribution in [3.05, 3.63) is 42.1 Å². The number of hydrogen-bond acceptors (Lipinski definition) is 4. The molecule has 0 N–H and O–H groups in total. The lowest BCUT2D eigenvalue weighted by Crippen LogP contribution is -2.09. The van der Waals surface area contributed by atoms with Crippen LogP contribution in [-0.2, 0) is 9.84 Å². The van der Waals surface area contributed by atoms with E-state index in [-0.39, 0.29) is 11.8 Å². The van der Waals surface area contributed by atoms with Crippen LogP contribution in [0.2, 0.25) is 0 Å². The van der Waals surface area contributed by atoms with Crippen molar-refractivity contribution in [1.29, 1.82) is 0 Å². The number of rotatable bonds is 4. The molecule has 2 aromatic heterocycles. The van der Waals surface area contributed by atoms with E-state index in [9.17, 15) is 8.42 Å². The third-order valence-corrected chi connectivity index (χ3v) is 5.81. The smallest absolute Gasteiger partial charge is 0.178 e. The zero-order valence-corrected chi connectivity index (χ0v) is 15.1. The van der Waals surface area contributed by atoms with Gasteiger partial charge in [0.25, 0.3) is 0 Å². The van der Waals surface area contributed by atoms with Crippen LogP contribution in [0.15, 0.2) is 41.4 Å². The topological polar surface area (TPSA) is 64.8 Å². The quantitative estimate of drug-likeness (QED) is 0.723. The van der Waals surface area contributed by atoms with Gasteiger partial charge in [-0.1, -0.05) is 19.1 Å². The molecule has 3 aromatic rings. The van der Waals surface area contributed by atoms with E-state index < -0.39 is 9.84 Å². The molecule has 0 aliphatic rings. The SMILES string of the molecule is CCS(=O)(=O)c1ccccc1-c1nc2cc(C)cnc2n1C(C)C. The van der Waals surface area contributed by atoms with Gasteiger partial charge in [0.1, 0.15) is 11.3 Å². The monoisotopic (exact) mass is 343 g/mol. The molecule has 3 rings (SSSR count). The van der Waals surface area contributed by atoms with E-state index in [1.807, 2.05) is 43.5 Å². The molecular weight excluding hydrogens is 322 g/mol. The first-order chi connectivity index (χ1) is 11.3. The highest BCUT2D eigenvalue weighted by Crippen LogP contribution is 2.32. The summed E-state index contributed by atoms with van der Waals surface area (Å²) in [4.78, 5) is 9.54. The van der Waals surface area contributed by atoms with Gasteiger partial charge in [-0.3, -0.25) is 0 Å². The van der Waals surface area contributed by atoms with Gasteiger partial charge in [-0.2, -0.15) is 0 Å². The zero-order chi connectivity index (χ0) is 17.5. The molecule has 0 spiro atoms. The lowest BCUT2D eigenvalue weighted by atomic mass is 10.2. The summed E-state index contributed by atoms with van der Waals surface area (Å²) in [6.07, 6.45) is 1.81. The molecule has 2 heterocycles. The summed E-state index contributed by atoms with van der Waals surface area (Å²) in [7, 11) is -3.34. The number of aryl methyl sites for hydroxylation is 1. The molecule has 0 aliphatic heterocycles. The minimum atomic E-state index is -3.34. The Labute approximate surface area is 142 Å². The molecule has 0 bridgehead atoms. The molecule has 0 radical (unpaired) electrons. The fourth-order valence-corrected chi connectivity index (χ4v) is 3.93. The highest BCUT2D eigenvalue weighted by atomic mass is 32.2. The van der Waals surface area contributed by atoms with Crippen molar-refractivity contribution in [2.75, 3.05) is 5.75 Å². The van der Waals surface area contributed by atoms with Crippen LogP contribution in [-0.4, -0.2) is 28.7 Å². The number of aromatic nitrogens is 3. The van der Waals surface area contributed by atoms with E-state index in [1.54, 1.807) is 25.3 Å². The molecular formula is C18H21N3O2S. The minimum Gasteiger partial charge on any atom is -0.306 e. The summed E-state index contributed by atoms with van der Waals surface area (Å²) in [6.45, 7) is 7.71. The van der Waals surface area contributed by atoms with Crippen molar-refractivity contribution in [3.8, 4) is 11.4 Å². The Morgan fingerprint density at radius 1 is 1.21 bits per heavy atom. The first kappa shape index (κ1) is 16.6. The van der Waals surface area contributed by atoms with E-state index in [0.717, 1.165) is 16.7 Å². The molecule has 0 amide bonds. The summed E-state index contributed by atoms with van der Waals surface area (Å²) in [6, 6.07) is 9.13. The van der Waals surface area contributed by atoms with Crippen LogP contribution in [0.5, 0.6) is 0 Å². The number of pyridine rings is 1. The predicted octanol–water partition coefficient (Wildman–Crippen LogP) is 3.78. The summed E-state index contributed by atoms with van der Waals surface area (Å²) in [5.74, 6) is 0.703. The van der Waals surface area contributed by atoms with Gasteiger partial charge in [-0.25, -0.2) is 18.4 Å². The molecule has 0 saturated carbocycles. The Morgan fingerprint density at radius 3 is 2.58 bits per heavy atom. The van der Waals surface area contributed by atoms with Crippen LogP contribution < -0.4 is 0 Å². The standard InChI is InChI=1S/C18H21N3O2S/c1-5-24(22,23)16-9-7-6-8-14(16)17-20-15-10-13(4)11-19-18(15)21(17)12(2)3/h6-12H,5H2,1-4H3. The highest BCUT2D eigenvalue weighted by molar-refractivity contribution is 7.91. The molecule has 0 unspecified atom stereocenters. The third-order valence-electron chi connectivity index (χ3n) is 4.03. The Balaban J connectivity index is 2.38. The average Bonchev–Trinajstić information content (AvgIpc) is 2.93. The number of imidazole rings is 1. The van der Waals surface area contributed by atoms with Crippen molar-refractivity contribution in [1.82, 2.24) is 14.5 Å². The first-order valence-corrected chi connectivity index (χ1v) is 9.67. The second-order valence-electron chi connectivity index (χ2n) is 6.15. The molecule has 1 aromatic carbocycles. The fourth-order valence-electron chi connectivity index (χ4n) is 2.84. The average molecular weight is 343 g/mol. The predicted molar refractivity (Wildman–Crippen MR) is 95.8 cm³/mol. The Bertz CT molecular complexity index is 1000. The van der Waals surface area contributed by atoms with Gasteiger partial charge in [0.05, 0.1) is 10.6 Å². The van der Waals surface area contributed by atoms with Crippen molar-refractivity contribution in [3.63, 3.8) is 0 Å². The van der Waals surface area contributed by atoms with Crippen LogP contribution in [0.1, 0.15) is 32.4 Å². The number of sulfone groups is 1. The number of benzene rings is 1. The summed E-state index contributed by atoms with van der Waals surface area (Å²) in [5, 5.41) is 0. The van der Waals surface area contributed by atoms with Gasteiger partial charge in [-0.15, -0.1) is 0 Å². The van der Waals surface area contributed by atoms with Crippen LogP contribution >= 0.6 is 0 Å². The van der Waals surface area contributed by atoms with Crippen LogP contribution in [0.4, 0.5) is 0 Å². The Kier molecular flexibility index (Phi) is 4.17. The van der Waals surface area contributed by atoms with E-state index in [2.05, 4.69) is 4.98 Å². The fraction of sp³-hybridized carbons (Fsp3) is 0.333. The molecule has 126 valence electrons. The van der Waals surface area contributed by atoms with E-state index in [4.69, 9.17) is 4.98 Å². The molecule has 0 atom stereocenters. The molecule has 5 nitrogen and oxygen atoms in total. The minimum absolute atomic E-state index is 0.0588. The Hall–Kier alpha value is -2.21. The summed E-state index contributed by atoms with van der Waals surface area (Å²) >= 11 is 0. The van der Waals surface area contributed by atoms with Crippen LogP contribution in [0, 0.1) is 6.92 Å². The van der Waals surface area contributed by atoms with Crippen LogP contribution in [0.3, 0.4) is 0 Å². The third kappa shape index (κ3) is 2.71. The first-order valence-electron chi connectivity index (χ1n) is 8.02. The lowest BCUT2D eigenvalue weighted by Gasteiger charge is -2.14. The summed E-state index contributed by atoms with van der Waals surface area (Å²) in [5.41, 5.74) is 3.21. The molecule has 6 heteroatoms. The molecule has 0 fully saturated rings. The van der Waals surface area contributed by atoms with Gasteiger partial charge in [-0.05, 0) is 44.5 Å². The van der Waals surface area contributed by atoms with Crippen molar-refractivity contribution >= 4 is 21.0 Å². The molecule has 0 aliphatic carbocycles. The highest BCUT2D eigenvalue weighted by Gasteiger charge is 2.23. The van der Waals surface area contributed by atoms with E-state index in [1.165, 1.54) is 0 Å². The maximum atomic E-state index is 12.5. The van der Waals surface area contributed by atoms with Gasteiger partial charge in [0.2, 0.25) is 0 Å². The van der Waals surface area contributed by atoms with E-state index >= 15 is 0 Å². The summed E-state index contributed by atoms with van der Waals surface area (Å²) < 4.78 is 27.0. The normalized spacial score (nSPS) is 12.2. The maximum absolute atomic E-state index is 12.5. The largest absolute Gasteiger partial charge is 0.306 e. The van der Waals surface area contributed by atoms with E-state index in [0.29, 0.717) is 16.3 Å². The second-order valence-corrected chi connectivity index (χ2v) is 8.40. The number of hydrogen-bond donors (Lipinski definition) is 0. The Morgan fingerprint density at radius 2 is 1.92 bits per heavy atom. The van der Waals surface area contributed by atoms with Crippen LogP contribution in [0.25, 0.3) is 22.6 Å². The van der Waals surface area contributed by atoms with Gasteiger partial charge >= 0.3 is 0 Å². The number of fused-ring (bicyclic) bond motifs is 1. The van der Waals surface area contributed by atoms with Crippen molar-refractivity contribution in [2.45, 2.75) is 38.6 Å².